The van der Waals surface area contributed by atoms with Crippen LogP contribution in [-0.2, 0) is 19.6 Å². The number of anilines is 2. The summed E-state index contributed by atoms with van der Waals surface area (Å²) in [6, 6.07) is 14.3. The summed E-state index contributed by atoms with van der Waals surface area (Å²) in [5.74, 6) is 0.523. The van der Waals surface area contributed by atoms with E-state index in [4.69, 9.17) is 0 Å². The van der Waals surface area contributed by atoms with Crippen molar-refractivity contribution in [2.45, 2.75) is 19.6 Å². The lowest BCUT2D eigenvalue weighted by Crippen LogP contribution is -2.30. The third kappa shape index (κ3) is 3.92. The molecule has 0 unspecified atom stereocenters. The van der Waals surface area contributed by atoms with Gasteiger partial charge < -0.3 is 5.32 Å². The second kappa shape index (κ2) is 7.73. The van der Waals surface area contributed by atoms with E-state index in [0.29, 0.717) is 23.7 Å². The molecule has 4 heterocycles. The molecule has 10 nitrogen and oxygen atoms in total. The van der Waals surface area contributed by atoms with Gasteiger partial charge in [0.2, 0.25) is 0 Å². The number of fused-ring (bicyclic) bond motifs is 2. The van der Waals surface area contributed by atoms with E-state index in [9.17, 15) is 9.59 Å². The number of amides is 2. The highest BCUT2D eigenvalue weighted by molar-refractivity contribution is 5.99. The number of hydrogen-bond acceptors (Lipinski definition) is 5. The van der Waals surface area contributed by atoms with Crippen LogP contribution in [0.1, 0.15) is 11.3 Å². The third-order valence-electron chi connectivity index (χ3n) is 5.24. The Morgan fingerprint density at radius 1 is 1.06 bits per heavy atom. The fourth-order valence-corrected chi connectivity index (χ4v) is 3.73. The number of hydrogen-bond donors (Lipinski definition) is 2. The fourth-order valence-electron chi connectivity index (χ4n) is 3.73. The number of nitrogens with zero attached hydrogens (tertiary/aromatic N) is 6. The number of carbonyl (C=O) groups excluding carboxylic acids is 1. The van der Waals surface area contributed by atoms with Gasteiger partial charge in [-0.25, -0.2) is 14.3 Å². The summed E-state index contributed by atoms with van der Waals surface area (Å²) in [5.41, 5.74) is 2.93. The van der Waals surface area contributed by atoms with Crippen LogP contribution in [-0.4, -0.2) is 48.5 Å². The summed E-state index contributed by atoms with van der Waals surface area (Å²) < 4.78 is 4.82. The Kier molecular flexibility index (Phi) is 4.75. The minimum Gasteiger partial charge on any atom is -0.308 e. The van der Waals surface area contributed by atoms with E-state index < -0.39 is 0 Å². The van der Waals surface area contributed by atoms with Crippen LogP contribution >= 0.6 is 0 Å². The van der Waals surface area contributed by atoms with Crippen molar-refractivity contribution in [2.75, 3.05) is 24.2 Å². The molecule has 0 saturated carbocycles. The molecule has 0 aliphatic carbocycles. The molecule has 3 aromatic heterocycles. The van der Waals surface area contributed by atoms with Gasteiger partial charge in [-0.1, -0.05) is 18.2 Å². The number of benzene rings is 1. The van der Waals surface area contributed by atoms with Crippen molar-refractivity contribution in [3.63, 3.8) is 0 Å². The standard InChI is InChI=1S/C21H22N8O2/c1-26-9-10-28-17(14-26)12-18(24-28)23-20(30)22-16-6-4-5-15(11-16)13-29-21(31)27-8-3-2-7-19(27)25-29/h2-8,11-12H,9-10,13-14H2,1H3,(H2,22,23,24,30). The van der Waals surface area contributed by atoms with E-state index in [1.165, 1.54) is 9.08 Å². The van der Waals surface area contributed by atoms with Crippen molar-refractivity contribution in [3.8, 4) is 0 Å². The Balaban J connectivity index is 1.27. The van der Waals surface area contributed by atoms with Crippen LogP contribution in [0.4, 0.5) is 16.3 Å². The van der Waals surface area contributed by atoms with Gasteiger partial charge in [-0.2, -0.15) is 5.10 Å². The number of rotatable bonds is 4. The number of carbonyl (C=O) groups is 1. The maximum absolute atomic E-state index is 12.5. The second-order valence-electron chi connectivity index (χ2n) is 7.63. The highest BCUT2D eigenvalue weighted by atomic mass is 16.2. The van der Waals surface area contributed by atoms with Gasteiger partial charge in [0.15, 0.2) is 11.5 Å². The molecule has 0 saturated heterocycles. The molecule has 1 aliphatic rings. The Hall–Kier alpha value is -3.92. The Bertz CT molecular complexity index is 1320. The van der Waals surface area contributed by atoms with Crippen molar-refractivity contribution in [3.05, 3.63) is 76.5 Å². The molecule has 10 heteroatoms. The Labute approximate surface area is 177 Å². The van der Waals surface area contributed by atoms with Gasteiger partial charge in [0, 0.05) is 31.0 Å². The normalized spacial score (nSPS) is 13.8. The summed E-state index contributed by atoms with van der Waals surface area (Å²) in [6.07, 6.45) is 1.69. The zero-order valence-corrected chi connectivity index (χ0v) is 17.0. The highest BCUT2D eigenvalue weighted by Gasteiger charge is 2.16. The minimum atomic E-state index is -0.370. The van der Waals surface area contributed by atoms with Crippen LogP contribution in [0.5, 0.6) is 0 Å². The lowest BCUT2D eigenvalue weighted by Gasteiger charge is -2.22. The average molecular weight is 418 g/mol. The molecule has 5 rings (SSSR count). The molecule has 158 valence electrons. The van der Waals surface area contributed by atoms with E-state index in [0.717, 1.165) is 30.9 Å². The highest BCUT2D eigenvalue weighted by Crippen LogP contribution is 2.16. The van der Waals surface area contributed by atoms with E-state index in [2.05, 4.69) is 32.8 Å². The first-order chi connectivity index (χ1) is 15.0. The second-order valence-corrected chi connectivity index (χ2v) is 7.63. The molecule has 31 heavy (non-hydrogen) atoms. The summed E-state index contributed by atoms with van der Waals surface area (Å²) in [4.78, 5) is 27.1. The van der Waals surface area contributed by atoms with Crippen LogP contribution in [0, 0.1) is 0 Å². The van der Waals surface area contributed by atoms with E-state index >= 15 is 0 Å². The van der Waals surface area contributed by atoms with Gasteiger partial charge in [-0.3, -0.25) is 19.3 Å². The number of pyridine rings is 1. The van der Waals surface area contributed by atoms with Gasteiger partial charge in [-0.05, 0) is 36.9 Å². The molecule has 2 amide bonds. The Morgan fingerprint density at radius 2 is 1.97 bits per heavy atom. The smallest absolute Gasteiger partial charge is 0.308 e. The first-order valence-corrected chi connectivity index (χ1v) is 10.0. The number of likely N-dealkylation sites (N-methyl/N-ethyl adjacent to an activating group) is 1. The molecule has 1 aliphatic heterocycles. The van der Waals surface area contributed by atoms with Gasteiger partial charge in [0.25, 0.3) is 0 Å². The van der Waals surface area contributed by atoms with E-state index in [-0.39, 0.29) is 11.7 Å². The summed E-state index contributed by atoms with van der Waals surface area (Å²) in [7, 11) is 2.06. The van der Waals surface area contributed by atoms with E-state index in [1.807, 2.05) is 35.0 Å². The van der Waals surface area contributed by atoms with E-state index in [1.54, 1.807) is 24.4 Å². The number of nitrogens with one attached hydrogen (secondary N) is 2. The van der Waals surface area contributed by atoms with Crippen LogP contribution in [0.3, 0.4) is 0 Å². The molecular weight excluding hydrogens is 396 g/mol. The zero-order chi connectivity index (χ0) is 21.4. The molecule has 0 bridgehead atoms. The molecule has 2 N–H and O–H groups in total. The van der Waals surface area contributed by atoms with Gasteiger partial charge >= 0.3 is 11.7 Å². The Morgan fingerprint density at radius 3 is 2.84 bits per heavy atom. The van der Waals surface area contributed by atoms with Crippen molar-refractivity contribution >= 4 is 23.2 Å². The van der Waals surface area contributed by atoms with Crippen LogP contribution in [0.15, 0.2) is 59.5 Å². The zero-order valence-electron chi connectivity index (χ0n) is 17.0. The maximum Gasteiger partial charge on any atom is 0.350 e. The molecule has 0 atom stereocenters. The summed E-state index contributed by atoms with van der Waals surface area (Å²) >= 11 is 0. The van der Waals surface area contributed by atoms with Crippen molar-refractivity contribution in [1.82, 2.24) is 28.9 Å². The summed E-state index contributed by atoms with van der Waals surface area (Å²) in [6.45, 7) is 2.85. The largest absolute Gasteiger partial charge is 0.350 e. The number of aromatic nitrogens is 5. The van der Waals surface area contributed by atoms with Crippen molar-refractivity contribution in [2.24, 2.45) is 0 Å². The van der Waals surface area contributed by atoms with Gasteiger partial charge in [0.05, 0.1) is 18.8 Å². The lowest BCUT2D eigenvalue weighted by molar-refractivity contribution is 0.258. The van der Waals surface area contributed by atoms with Crippen LogP contribution in [0.25, 0.3) is 5.65 Å². The molecule has 4 aromatic rings. The molecule has 0 spiro atoms. The van der Waals surface area contributed by atoms with Gasteiger partial charge in [-0.15, -0.1) is 5.10 Å². The average Bonchev–Trinajstić information content (AvgIpc) is 3.28. The molecule has 0 fully saturated rings. The quantitative estimate of drug-likeness (QED) is 0.527. The van der Waals surface area contributed by atoms with Gasteiger partial charge in [0.1, 0.15) is 0 Å². The SMILES string of the molecule is CN1CCn2nc(NC(=O)Nc3cccc(Cn4nc5ccccn5c4=O)c3)cc2C1. The molecular formula is C21H22N8O2. The maximum atomic E-state index is 12.5. The van der Waals surface area contributed by atoms with Crippen molar-refractivity contribution in [1.29, 1.82) is 0 Å². The molecule has 1 aromatic carbocycles. The topological polar surface area (TPSA) is 101 Å². The van der Waals surface area contributed by atoms with Crippen LogP contribution in [0.2, 0.25) is 0 Å². The number of urea groups is 1. The fraction of sp³-hybridized carbons (Fsp3) is 0.238. The minimum absolute atomic E-state index is 0.207. The van der Waals surface area contributed by atoms with Crippen LogP contribution < -0.4 is 16.3 Å². The monoisotopic (exact) mass is 418 g/mol. The first kappa shape index (κ1) is 19.1. The summed E-state index contributed by atoms with van der Waals surface area (Å²) in [5, 5.41) is 14.4. The third-order valence-corrected chi connectivity index (χ3v) is 5.24. The molecule has 0 radical (unpaired) electrons. The lowest BCUT2D eigenvalue weighted by atomic mass is 10.2. The predicted octanol–water partition coefficient (Wildman–Crippen LogP) is 1.83. The van der Waals surface area contributed by atoms with Crippen molar-refractivity contribution < 1.29 is 4.79 Å². The predicted molar refractivity (Wildman–Crippen MR) is 116 cm³/mol. The first-order valence-electron chi connectivity index (χ1n) is 10.0.